The molecule has 0 saturated carbocycles. The number of aliphatic imine (C=N–C) groups is 1. The van der Waals surface area contributed by atoms with Crippen LogP contribution in [0.15, 0.2) is 71.6 Å². The van der Waals surface area contributed by atoms with Crippen LogP contribution in [0.4, 0.5) is 0 Å². The summed E-state index contributed by atoms with van der Waals surface area (Å²) in [5.74, 6) is 1.38. The molecule has 2 rings (SSSR count). The van der Waals surface area contributed by atoms with Crippen LogP contribution in [0.3, 0.4) is 0 Å². The lowest BCUT2D eigenvalue weighted by Gasteiger charge is -2.18. The molecule has 0 aliphatic carbocycles. The van der Waals surface area contributed by atoms with Gasteiger partial charge in [-0.3, -0.25) is 4.99 Å². The first-order valence-electron chi connectivity index (χ1n) is 7.86. The number of rotatable bonds is 5. The Hall–Kier alpha value is -3.01. The van der Waals surface area contributed by atoms with Crippen LogP contribution in [-0.4, -0.2) is 27.5 Å². The molecule has 25 heavy (non-hydrogen) atoms. The molecule has 0 N–H and O–H groups in total. The largest absolute Gasteiger partial charge is 0.496 e. The Bertz CT molecular complexity index is 770. The quantitative estimate of drug-likeness (QED) is 0.587. The number of hydrogen-bond donors (Lipinski definition) is 0. The molecule has 0 aromatic heterocycles. The Morgan fingerprint density at radius 3 is 2.72 bits per heavy atom. The highest BCUT2D eigenvalue weighted by molar-refractivity contribution is 5.67. The number of nitrogens with zero attached hydrogens (tertiary/aromatic N) is 1. The van der Waals surface area contributed by atoms with E-state index in [0.29, 0.717) is 30.2 Å². The molecule has 4 nitrogen and oxygen atoms in total. The van der Waals surface area contributed by atoms with E-state index in [2.05, 4.69) is 24.9 Å². The van der Waals surface area contributed by atoms with E-state index in [-0.39, 0.29) is 0 Å². The third kappa shape index (κ3) is 4.10. The molecule has 4 heteroatoms. The van der Waals surface area contributed by atoms with Crippen LogP contribution in [0.2, 0.25) is 0 Å². The summed E-state index contributed by atoms with van der Waals surface area (Å²) < 4.78 is 16.6. The van der Waals surface area contributed by atoms with E-state index >= 15 is 0 Å². The fourth-order valence-corrected chi connectivity index (χ4v) is 2.67. The number of fused-ring (bicyclic) bond motifs is 1. The van der Waals surface area contributed by atoms with E-state index in [1.807, 2.05) is 24.3 Å². The number of benzene rings is 1. The number of hydrogen-bond acceptors (Lipinski definition) is 4. The van der Waals surface area contributed by atoms with Crippen molar-refractivity contribution in [3.05, 3.63) is 77.8 Å². The molecule has 0 saturated heterocycles. The van der Waals surface area contributed by atoms with Crippen molar-refractivity contribution in [2.24, 2.45) is 4.99 Å². The highest BCUT2D eigenvalue weighted by Gasteiger charge is 2.17. The molecule has 0 radical (unpaired) electrons. The second-order valence-electron chi connectivity index (χ2n) is 5.37. The van der Waals surface area contributed by atoms with Crippen LogP contribution < -0.4 is 9.47 Å². The summed E-state index contributed by atoms with van der Waals surface area (Å²) in [4.78, 5) is 4.06. The van der Waals surface area contributed by atoms with Crippen molar-refractivity contribution >= 4 is 12.8 Å². The van der Waals surface area contributed by atoms with Crippen molar-refractivity contribution in [1.82, 2.24) is 0 Å². The van der Waals surface area contributed by atoms with Gasteiger partial charge in [0.15, 0.2) is 11.5 Å². The maximum Gasteiger partial charge on any atom is 0.168 e. The lowest BCUT2D eigenvalue weighted by atomic mass is 9.93. The van der Waals surface area contributed by atoms with E-state index < -0.39 is 0 Å². The van der Waals surface area contributed by atoms with Gasteiger partial charge in [-0.05, 0) is 42.5 Å². The first-order chi connectivity index (χ1) is 12.2. The zero-order valence-electron chi connectivity index (χ0n) is 14.7. The highest BCUT2D eigenvalue weighted by atomic mass is 16.5. The van der Waals surface area contributed by atoms with Crippen molar-refractivity contribution < 1.29 is 14.2 Å². The van der Waals surface area contributed by atoms with E-state index in [4.69, 9.17) is 14.2 Å². The van der Waals surface area contributed by atoms with Gasteiger partial charge in [0.25, 0.3) is 0 Å². The Labute approximate surface area is 149 Å². The van der Waals surface area contributed by atoms with Crippen molar-refractivity contribution in [2.75, 3.05) is 20.8 Å². The minimum atomic E-state index is 0.412. The summed E-state index contributed by atoms with van der Waals surface area (Å²) in [6.07, 6.45) is 9.64. The van der Waals surface area contributed by atoms with Gasteiger partial charge in [0.2, 0.25) is 0 Å². The lowest BCUT2D eigenvalue weighted by Crippen LogP contribution is -2.03. The van der Waals surface area contributed by atoms with Gasteiger partial charge in [-0.1, -0.05) is 31.4 Å². The Morgan fingerprint density at radius 1 is 1.28 bits per heavy atom. The molecule has 1 aromatic rings. The van der Waals surface area contributed by atoms with Crippen LogP contribution in [0.5, 0.6) is 11.5 Å². The third-order valence-corrected chi connectivity index (χ3v) is 3.86. The first-order valence-corrected chi connectivity index (χ1v) is 7.86. The van der Waals surface area contributed by atoms with Gasteiger partial charge < -0.3 is 14.2 Å². The van der Waals surface area contributed by atoms with Crippen molar-refractivity contribution in [2.45, 2.75) is 6.42 Å². The Morgan fingerprint density at radius 2 is 2.08 bits per heavy atom. The van der Waals surface area contributed by atoms with Gasteiger partial charge in [-0.25, -0.2) is 0 Å². The average Bonchev–Trinajstić information content (AvgIpc) is 2.63. The highest BCUT2D eigenvalue weighted by Crippen LogP contribution is 2.36. The van der Waals surface area contributed by atoms with E-state index in [1.165, 1.54) is 0 Å². The van der Waals surface area contributed by atoms with Crippen LogP contribution in [0.25, 0.3) is 6.08 Å². The van der Waals surface area contributed by atoms with Gasteiger partial charge in [0, 0.05) is 11.1 Å². The number of ether oxygens (including phenoxy) is 3. The van der Waals surface area contributed by atoms with Gasteiger partial charge >= 0.3 is 0 Å². The van der Waals surface area contributed by atoms with E-state index in [9.17, 15) is 0 Å². The SMILES string of the molecule is C=C/C=C(N=C)/C1=C/OC/C=C\c2c(ccc(OC)c2OC)CC1=C. The monoisotopic (exact) mass is 337 g/mol. The standard InChI is InChI=1S/C21H23NO3/c1-6-8-19(22-3)18-14-25-12-7-9-17-16(13-15(18)2)10-11-20(23-4)21(17)24-5/h6-11,14H,1-3,12-13H2,4-5H3/b9-7-,18-14+,19-8-. The molecule has 0 bridgehead atoms. The number of allylic oxidation sites excluding steroid dienone is 3. The summed E-state index contributed by atoms with van der Waals surface area (Å²) in [6.45, 7) is 12.0. The van der Waals surface area contributed by atoms with Gasteiger partial charge in [0.1, 0.15) is 6.61 Å². The molecular weight excluding hydrogens is 314 g/mol. The van der Waals surface area contributed by atoms with Gasteiger partial charge in [0.05, 0.1) is 26.2 Å². The van der Waals surface area contributed by atoms with Crippen LogP contribution in [0.1, 0.15) is 11.1 Å². The Kier molecular flexibility index (Phi) is 6.40. The molecule has 0 amide bonds. The summed E-state index contributed by atoms with van der Waals surface area (Å²) in [6, 6.07) is 3.92. The van der Waals surface area contributed by atoms with E-state index in [0.717, 1.165) is 22.3 Å². The average molecular weight is 337 g/mol. The summed E-state index contributed by atoms with van der Waals surface area (Å²) in [5, 5.41) is 0. The van der Waals surface area contributed by atoms with Crippen LogP contribution >= 0.6 is 0 Å². The normalized spacial score (nSPS) is 18.1. The second kappa shape index (κ2) is 8.73. The molecule has 1 aliphatic heterocycles. The van der Waals surface area contributed by atoms with E-state index in [1.54, 1.807) is 32.6 Å². The minimum Gasteiger partial charge on any atom is -0.496 e. The summed E-state index contributed by atoms with van der Waals surface area (Å²) in [7, 11) is 3.26. The molecule has 0 atom stereocenters. The molecule has 1 aliphatic rings. The maximum atomic E-state index is 5.62. The molecule has 0 unspecified atom stereocenters. The Balaban J connectivity index is 2.54. The zero-order valence-corrected chi connectivity index (χ0v) is 14.7. The van der Waals surface area contributed by atoms with Crippen molar-refractivity contribution in [3.8, 4) is 11.5 Å². The molecule has 1 aromatic carbocycles. The third-order valence-electron chi connectivity index (χ3n) is 3.86. The zero-order chi connectivity index (χ0) is 18.2. The van der Waals surface area contributed by atoms with Crippen molar-refractivity contribution in [3.63, 3.8) is 0 Å². The minimum absolute atomic E-state index is 0.412. The fourth-order valence-electron chi connectivity index (χ4n) is 2.67. The molecule has 0 spiro atoms. The predicted molar refractivity (Wildman–Crippen MR) is 103 cm³/mol. The lowest BCUT2D eigenvalue weighted by molar-refractivity contribution is 0.287. The molecule has 130 valence electrons. The maximum absolute atomic E-state index is 5.62. The summed E-state index contributed by atoms with van der Waals surface area (Å²) in [5.41, 5.74) is 4.36. The molecule has 0 fully saturated rings. The number of methoxy groups -OCH3 is 2. The predicted octanol–water partition coefficient (Wildman–Crippen LogP) is 4.50. The van der Waals surface area contributed by atoms with Crippen LogP contribution in [-0.2, 0) is 11.2 Å². The van der Waals surface area contributed by atoms with Crippen LogP contribution in [0, 0.1) is 0 Å². The molecule has 1 heterocycles. The van der Waals surface area contributed by atoms with Gasteiger partial charge in [-0.15, -0.1) is 0 Å². The first kappa shape index (κ1) is 18.3. The smallest absolute Gasteiger partial charge is 0.168 e. The van der Waals surface area contributed by atoms with Gasteiger partial charge in [-0.2, -0.15) is 0 Å². The molecular formula is C21H23NO3. The fraction of sp³-hybridized carbons (Fsp3) is 0.190. The summed E-state index contributed by atoms with van der Waals surface area (Å²) >= 11 is 0. The second-order valence-corrected chi connectivity index (χ2v) is 5.37. The van der Waals surface area contributed by atoms with Crippen molar-refractivity contribution in [1.29, 1.82) is 0 Å². The topological polar surface area (TPSA) is 40.0 Å².